The van der Waals surface area contributed by atoms with E-state index in [-0.39, 0.29) is 28.9 Å². The molecule has 1 aromatic carbocycles. The summed E-state index contributed by atoms with van der Waals surface area (Å²) in [6, 6.07) is 4.02. The third-order valence-electron chi connectivity index (χ3n) is 3.48. The summed E-state index contributed by atoms with van der Waals surface area (Å²) >= 11 is 5.58. The van der Waals surface area contributed by atoms with Crippen LogP contribution in [0.2, 0.25) is 5.02 Å². The molecule has 0 spiro atoms. The van der Waals surface area contributed by atoms with Crippen LogP contribution in [-0.2, 0) is 0 Å². The van der Waals surface area contributed by atoms with E-state index >= 15 is 0 Å². The number of nitrogens with two attached hydrogens (primary N) is 1. The topological polar surface area (TPSA) is 55.1 Å². The third-order valence-corrected chi connectivity index (χ3v) is 3.79. The average Bonchev–Trinajstić information content (AvgIpc) is 3.16. The summed E-state index contributed by atoms with van der Waals surface area (Å²) in [7, 11) is 0. The fourth-order valence-corrected chi connectivity index (χ4v) is 2.13. The number of hydrogen-bond donors (Lipinski definition) is 2. The molecule has 0 radical (unpaired) electrons. The lowest BCUT2D eigenvalue weighted by Crippen LogP contribution is -2.53. The van der Waals surface area contributed by atoms with Crippen LogP contribution in [0.15, 0.2) is 18.2 Å². The molecule has 1 atom stereocenters. The molecule has 2 rings (SSSR count). The van der Waals surface area contributed by atoms with Gasteiger partial charge in [0.25, 0.3) is 5.91 Å². The highest BCUT2D eigenvalue weighted by Crippen LogP contribution is 2.39. The zero-order valence-corrected chi connectivity index (χ0v) is 12.2. The zero-order chi connectivity index (χ0) is 13.3. The molecule has 1 saturated carbocycles. The number of nitrogens with one attached hydrogen (secondary N) is 1. The summed E-state index contributed by atoms with van der Waals surface area (Å²) in [6.45, 7) is 2.30. The van der Waals surface area contributed by atoms with Crippen LogP contribution in [-0.4, -0.2) is 18.0 Å². The molecule has 1 aromatic rings. The van der Waals surface area contributed by atoms with Crippen molar-refractivity contribution in [3.05, 3.63) is 34.6 Å². The van der Waals surface area contributed by atoms with Crippen molar-refractivity contribution in [1.29, 1.82) is 0 Å². The van der Waals surface area contributed by atoms with Gasteiger partial charge in [-0.1, -0.05) is 11.6 Å². The van der Waals surface area contributed by atoms with Crippen LogP contribution in [0.5, 0.6) is 0 Å². The molecule has 1 fully saturated rings. The quantitative estimate of drug-likeness (QED) is 0.898. The first-order valence-electron chi connectivity index (χ1n) is 5.94. The van der Waals surface area contributed by atoms with E-state index in [1.54, 1.807) is 0 Å². The zero-order valence-electron chi connectivity index (χ0n) is 10.6. The largest absolute Gasteiger partial charge is 0.345 e. The maximum Gasteiger partial charge on any atom is 0.251 e. The highest BCUT2D eigenvalue weighted by Gasteiger charge is 2.41. The van der Waals surface area contributed by atoms with Crippen LogP contribution >= 0.6 is 24.0 Å². The molecular formula is C13H17Cl2FN2O. The van der Waals surface area contributed by atoms with Crippen molar-refractivity contribution in [2.45, 2.75) is 25.3 Å². The number of halogens is 3. The van der Waals surface area contributed by atoms with E-state index in [0.29, 0.717) is 12.5 Å². The van der Waals surface area contributed by atoms with E-state index in [9.17, 15) is 9.18 Å². The fraction of sp³-hybridized carbons (Fsp3) is 0.462. The predicted octanol–water partition coefficient (Wildman–Crippen LogP) is 2.76. The smallest absolute Gasteiger partial charge is 0.251 e. The predicted molar refractivity (Wildman–Crippen MR) is 76.3 cm³/mol. The number of carbonyl (C=O) groups is 1. The molecule has 6 heteroatoms. The van der Waals surface area contributed by atoms with Crippen LogP contribution in [0.4, 0.5) is 4.39 Å². The molecule has 0 heterocycles. The first-order valence-corrected chi connectivity index (χ1v) is 6.32. The van der Waals surface area contributed by atoms with Gasteiger partial charge in [-0.15, -0.1) is 12.4 Å². The Labute approximate surface area is 123 Å². The lowest BCUT2D eigenvalue weighted by molar-refractivity contribution is 0.0897. The lowest BCUT2D eigenvalue weighted by atomic mass is 9.95. The van der Waals surface area contributed by atoms with Gasteiger partial charge in [0.1, 0.15) is 5.82 Å². The van der Waals surface area contributed by atoms with Gasteiger partial charge in [0.2, 0.25) is 0 Å². The average molecular weight is 307 g/mol. The minimum atomic E-state index is -0.592. The highest BCUT2D eigenvalue weighted by atomic mass is 35.5. The molecule has 0 aromatic heterocycles. The number of hydrogen-bond acceptors (Lipinski definition) is 2. The van der Waals surface area contributed by atoms with Gasteiger partial charge in [-0.05, 0) is 43.9 Å². The third kappa shape index (κ3) is 3.59. The maximum absolute atomic E-state index is 13.3. The van der Waals surface area contributed by atoms with Crippen molar-refractivity contribution in [3.8, 4) is 0 Å². The molecule has 0 saturated heterocycles. The summed E-state index contributed by atoms with van der Waals surface area (Å²) in [4.78, 5) is 12.0. The Hall–Kier alpha value is -0.840. The second-order valence-electron chi connectivity index (χ2n) is 4.98. The van der Waals surface area contributed by atoms with E-state index in [0.717, 1.165) is 18.9 Å². The molecular weight excluding hydrogens is 290 g/mol. The SMILES string of the molecule is CC(CN)(NC(=O)c1ccc(Cl)c(F)c1)C1CC1.Cl. The van der Waals surface area contributed by atoms with Crippen molar-refractivity contribution < 1.29 is 9.18 Å². The first kappa shape index (κ1) is 16.2. The summed E-state index contributed by atoms with van der Waals surface area (Å²) in [6.07, 6.45) is 2.14. The van der Waals surface area contributed by atoms with Gasteiger partial charge in [-0.3, -0.25) is 4.79 Å². The van der Waals surface area contributed by atoms with Crippen molar-refractivity contribution >= 4 is 29.9 Å². The van der Waals surface area contributed by atoms with Crippen LogP contribution < -0.4 is 11.1 Å². The van der Waals surface area contributed by atoms with Crippen molar-refractivity contribution in [2.24, 2.45) is 11.7 Å². The maximum atomic E-state index is 13.3. The number of benzene rings is 1. The van der Waals surface area contributed by atoms with Gasteiger partial charge in [-0.2, -0.15) is 0 Å². The Kier molecular flexibility index (Phi) is 5.18. The molecule has 0 aliphatic heterocycles. The molecule has 1 aliphatic carbocycles. The molecule has 3 nitrogen and oxygen atoms in total. The Morgan fingerprint density at radius 2 is 2.21 bits per heavy atom. The van der Waals surface area contributed by atoms with Gasteiger partial charge < -0.3 is 11.1 Å². The van der Waals surface area contributed by atoms with E-state index in [1.807, 2.05) is 6.92 Å². The molecule has 3 N–H and O–H groups in total. The minimum absolute atomic E-state index is 0. The van der Waals surface area contributed by atoms with E-state index in [1.165, 1.54) is 12.1 Å². The Morgan fingerprint density at radius 3 is 2.68 bits per heavy atom. The van der Waals surface area contributed by atoms with Crippen molar-refractivity contribution in [3.63, 3.8) is 0 Å². The first-order chi connectivity index (χ1) is 8.46. The van der Waals surface area contributed by atoms with E-state index in [2.05, 4.69) is 5.32 Å². The highest BCUT2D eigenvalue weighted by molar-refractivity contribution is 6.30. The molecule has 0 bridgehead atoms. The second kappa shape index (κ2) is 6.07. The van der Waals surface area contributed by atoms with Gasteiger partial charge in [0.15, 0.2) is 0 Å². The van der Waals surface area contributed by atoms with Crippen LogP contribution in [0, 0.1) is 11.7 Å². The number of amides is 1. The van der Waals surface area contributed by atoms with Gasteiger partial charge in [0, 0.05) is 12.1 Å². The van der Waals surface area contributed by atoms with Crippen LogP contribution in [0.1, 0.15) is 30.1 Å². The lowest BCUT2D eigenvalue weighted by Gasteiger charge is -2.29. The van der Waals surface area contributed by atoms with Gasteiger partial charge in [-0.25, -0.2) is 4.39 Å². The van der Waals surface area contributed by atoms with Crippen LogP contribution in [0.25, 0.3) is 0 Å². The van der Waals surface area contributed by atoms with Gasteiger partial charge in [0.05, 0.1) is 10.6 Å². The minimum Gasteiger partial charge on any atom is -0.345 e. The number of carbonyl (C=O) groups excluding carboxylic acids is 1. The monoisotopic (exact) mass is 306 g/mol. The molecule has 19 heavy (non-hydrogen) atoms. The standard InChI is InChI=1S/C13H16ClFN2O.ClH/c1-13(7-16,9-3-4-9)17-12(18)8-2-5-10(14)11(15)6-8;/h2,5-6,9H,3-4,7,16H2,1H3,(H,17,18);1H. The van der Waals surface area contributed by atoms with Gasteiger partial charge >= 0.3 is 0 Å². The summed E-state index contributed by atoms with van der Waals surface area (Å²) in [5, 5.41) is 2.90. The molecule has 106 valence electrons. The Balaban J connectivity index is 0.00000180. The summed E-state index contributed by atoms with van der Waals surface area (Å²) < 4.78 is 13.3. The summed E-state index contributed by atoms with van der Waals surface area (Å²) in [5.41, 5.74) is 5.57. The van der Waals surface area contributed by atoms with Crippen molar-refractivity contribution in [2.75, 3.05) is 6.54 Å². The number of rotatable bonds is 4. The second-order valence-corrected chi connectivity index (χ2v) is 5.39. The molecule has 1 aliphatic rings. The fourth-order valence-electron chi connectivity index (χ4n) is 2.01. The van der Waals surface area contributed by atoms with E-state index in [4.69, 9.17) is 17.3 Å². The van der Waals surface area contributed by atoms with Crippen molar-refractivity contribution in [1.82, 2.24) is 5.32 Å². The normalized spacial score (nSPS) is 17.3. The summed E-state index contributed by atoms with van der Waals surface area (Å²) in [5.74, 6) is -0.487. The van der Waals surface area contributed by atoms with E-state index < -0.39 is 11.4 Å². The molecule has 1 amide bonds. The molecule has 1 unspecified atom stereocenters. The van der Waals surface area contributed by atoms with Crippen LogP contribution in [0.3, 0.4) is 0 Å². The Morgan fingerprint density at radius 1 is 1.58 bits per heavy atom. The Bertz CT molecular complexity index is 480.